The molecule has 0 aliphatic carbocycles. The second-order valence-electron chi connectivity index (χ2n) is 5.77. The minimum absolute atomic E-state index is 0.250. The first-order valence-corrected chi connectivity index (χ1v) is 9.17. The van der Waals surface area contributed by atoms with Crippen LogP contribution in [0.4, 0.5) is 5.69 Å². The lowest BCUT2D eigenvalue weighted by atomic mass is 10.2. The molecule has 0 aliphatic rings. The molecule has 130 valence electrons. The van der Waals surface area contributed by atoms with Gasteiger partial charge in [-0.1, -0.05) is 12.1 Å². The van der Waals surface area contributed by atoms with Crippen molar-refractivity contribution in [1.82, 2.24) is 14.6 Å². The molecule has 0 saturated carbocycles. The van der Waals surface area contributed by atoms with E-state index in [2.05, 4.69) is 15.4 Å². The number of fused-ring (bicyclic) bond motifs is 1. The average Bonchev–Trinajstić information content (AvgIpc) is 2.89. The summed E-state index contributed by atoms with van der Waals surface area (Å²) in [6, 6.07) is 8.28. The highest BCUT2D eigenvalue weighted by atomic mass is 32.2. The molecule has 8 nitrogen and oxygen atoms in total. The van der Waals surface area contributed by atoms with Gasteiger partial charge in [0.25, 0.3) is 5.91 Å². The zero-order valence-electron chi connectivity index (χ0n) is 13.7. The molecule has 2 heterocycles. The van der Waals surface area contributed by atoms with Crippen LogP contribution in [0, 0.1) is 13.8 Å². The number of hydrogen-bond donors (Lipinski definition) is 2. The molecule has 1 amide bonds. The van der Waals surface area contributed by atoms with E-state index in [4.69, 9.17) is 5.14 Å². The van der Waals surface area contributed by atoms with E-state index < -0.39 is 10.0 Å². The molecule has 1 aromatic carbocycles. The SMILES string of the molecule is Cc1cc2ncc(C(=O)Nc3ccc(CS(N)(=O)=O)cc3)c(C)n2n1. The summed E-state index contributed by atoms with van der Waals surface area (Å²) in [5.41, 5.74) is 3.68. The molecule has 3 N–H and O–H groups in total. The largest absolute Gasteiger partial charge is 0.322 e. The molecule has 0 aliphatic heterocycles. The summed E-state index contributed by atoms with van der Waals surface area (Å²) in [7, 11) is -3.59. The number of amides is 1. The minimum atomic E-state index is -3.59. The van der Waals surface area contributed by atoms with Crippen LogP contribution in [0.15, 0.2) is 36.5 Å². The summed E-state index contributed by atoms with van der Waals surface area (Å²) < 4.78 is 23.8. The summed E-state index contributed by atoms with van der Waals surface area (Å²) in [4.78, 5) is 16.7. The lowest BCUT2D eigenvalue weighted by molar-refractivity contribution is 0.102. The van der Waals surface area contributed by atoms with Crippen molar-refractivity contribution >= 4 is 27.3 Å². The van der Waals surface area contributed by atoms with E-state index >= 15 is 0 Å². The number of rotatable bonds is 4. The number of benzene rings is 1. The summed E-state index contributed by atoms with van der Waals surface area (Å²) in [6.45, 7) is 3.65. The molecule has 0 bridgehead atoms. The van der Waals surface area contributed by atoms with E-state index in [1.807, 2.05) is 13.0 Å². The number of nitrogens with zero attached hydrogens (tertiary/aromatic N) is 3. The molecule has 0 spiro atoms. The number of carbonyl (C=O) groups excluding carboxylic acids is 1. The van der Waals surface area contributed by atoms with Gasteiger partial charge >= 0.3 is 0 Å². The quantitative estimate of drug-likeness (QED) is 0.729. The smallest absolute Gasteiger partial charge is 0.259 e. The lowest BCUT2D eigenvalue weighted by Crippen LogP contribution is -2.16. The van der Waals surface area contributed by atoms with E-state index in [0.29, 0.717) is 28.2 Å². The number of nitrogens with two attached hydrogens (primary N) is 1. The Morgan fingerprint density at radius 2 is 1.92 bits per heavy atom. The molecule has 3 aromatic rings. The maximum absolute atomic E-state index is 12.5. The van der Waals surface area contributed by atoms with Crippen molar-refractivity contribution < 1.29 is 13.2 Å². The second kappa shape index (κ2) is 6.26. The fourth-order valence-corrected chi connectivity index (χ4v) is 3.16. The number of carbonyl (C=O) groups is 1. The first-order chi connectivity index (χ1) is 11.7. The van der Waals surface area contributed by atoms with E-state index in [0.717, 1.165) is 5.69 Å². The summed E-state index contributed by atoms with van der Waals surface area (Å²) in [6.07, 6.45) is 1.51. The fourth-order valence-electron chi connectivity index (χ4n) is 2.50. The Bertz CT molecular complexity index is 1060. The Morgan fingerprint density at radius 1 is 1.24 bits per heavy atom. The first kappa shape index (κ1) is 17.1. The monoisotopic (exact) mass is 359 g/mol. The molecule has 0 unspecified atom stereocenters. The van der Waals surface area contributed by atoms with Crippen LogP contribution in [0.3, 0.4) is 0 Å². The minimum Gasteiger partial charge on any atom is -0.322 e. The van der Waals surface area contributed by atoms with Gasteiger partial charge in [-0.3, -0.25) is 4.79 Å². The van der Waals surface area contributed by atoms with Crippen molar-refractivity contribution in [1.29, 1.82) is 0 Å². The van der Waals surface area contributed by atoms with Crippen LogP contribution in [0.2, 0.25) is 0 Å². The molecule has 0 saturated heterocycles. The Hall–Kier alpha value is -2.78. The number of hydrogen-bond acceptors (Lipinski definition) is 5. The lowest BCUT2D eigenvalue weighted by Gasteiger charge is -2.09. The highest BCUT2D eigenvalue weighted by molar-refractivity contribution is 7.88. The van der Waals surface area contributed by atoms with Crippen molar-refractivity contribution in [2.24, 2.45) is 5.14 Å². The maximum atomic E-state index is 12.5. The maximum Gasteiger partial charge on any atom is 0.259 e. The third-order valence-corrected chi connectivity index (χ3v) is 4.41. The number of anilines is 1. The number of aromatic nitrogens is 3. The van der Waals surface area contributed by atoms with Crippen LogP contribution < -0.4 is 10.5 Å². The van der Waals surface area contributed by atoms with Gasteiger partial charge in [0, 0.05) is 18.0 Å². The van der Waals surface area contributed by atoms with Gasteiger partial charge in [-0.05, 0) is 31.5 Å². The Balaban J connectivity index is 1.81. The van der Waals surface area contributed by atoms with Gasteiger partial charge in [0.2, 0.25) is 10.0 Å². The van der Waals surface area contributed by atoms with Gasteiger partial charge < -0.3 is 5.32 Å². The number of sulfonamides is 1. The first-order valence-electron chi connectivity index (χ1n) is 7.46. The van der Waals surface area contributed by atoms with E-state index in [-0.39, 0.29) is 11.7 Å². The number of aryl methyl sites for hydroxylation is 2. The van der Waals surface area contributed by atoms with Gasteiger partial charge in [-0.15, -0.1) is 0 Å². The predicted octanol–water partition coefficient (Wildman–Crippen LogP) is 1.39. The van der Waals surface area contributed by atoms with Crippen LogP contribution >= 0.6 is 0 Å². The fraction of sp³-hybridized carbons (Fsp3) is 0.188. The van der Waals surface area contributed by atoms with Crippen LogP contribution in [-0.2, 0) is 15.8 Å². The molecular formula is C16H17N5O3S. The average molecular weight is 359 g/mol. The molecular weight excluding hydrogens is 342 g/mol. The summed E-state index contributed by atoms with van der Waals surface area (Å²) in [5.74, 6) is -0.571. The van der Waals surface area contributed by atoms with Crippen LogP contribution in [0.5, 0.6) is 0 Å². The van der Waals surface area contributed by atoms with E-state index in [9.17, 15) is 13.2 Å². The zero-order chi connectivity index (χ0) is 18.2. The molecule has 0 radical (unpaired) electrons. The summed E-state index contributed by atoms with van der Waals surface area (Å²) >= 11 is 0. The van der Waals surface area contributed by atoms with Gasteiger partial charge in [0.1, 0.15) is 0 Å². The molecule has 2 aromatic heterocycles. The molecule has 3 rings (SSSR count). The molecule has 0 fully saturated rings. The van der Waals surface area contributed by atoms with Crippen molar-refractivity contribution in [2.75, 3.05) is 5.32 Å². The summed E-state index contributed by atoms with van der Waals surface area (Å²) in [5, 5.41) is 12.1. The van der Waals surface area contributed by atoms with Crippen LogP contribution in [-0.4, -0.2) is 28.9 Å². The molecule has 9 heteroatoms. The topological polar surface area (TPSA) is 119 Å². The number of primary sulfonamides is 1. The van der Waals surface area contributed by atoms with Gasteiger partial charge in [0.15, 0.2) is 5.65 Å². The second-order valence-corrected chi connectivity index (χ2v) is 7.39. The van der Waals surface area contributed by atoms with E-state index in [1.165, 1.54) is 6.20 Å². The van der Waals surface area contributed by atoms with Gasteiger partial charge in [0.05, 0.1) is 22.7 Å². The normalized spacial score (nSPS) is 11.6. The predicted molar refractivity (Wildman–Crippen MR) is 93.7 cm³/mol. The van der Waals surface area contributed by atoms with Crippen LogP contribution in [0.1, 0.15) is 27.3 Å². The van der Waals surface area contributed by atoms with Crippen LogP contribution in [0.25, 0.3) is 5.65 Å². The molecule has 25 heavy (non-hydrogen) atoms. The zero-order valence-corrected chi connectivity index (χ0v) is 14.5. The number of nitrogens with one attached hydrogen (secondary N) is 1. The molecule has 0 atom stereocenters. The Labute approximate surface area is 144 Å². The standard InChI is InChI=1S/C16H17N5O3S/c1-10-7-15-18-8-14(11(2)21(15)20-10)16(22)19-13-5-3-12(4-6-13)9-25(17,23)24/h3-8H,9H2,1-2H3,(H,19,22)(H2,17,23,24). The van der Waals surface area contributed by atoms with Gasteiger partial charge in [-0.25, -0.2) is 23.1 Å². The van der Waals surface area contributed by atoms with E-state index in [1.54, 1.807) is 35.7 Å². The van der Waals surface area contributed by atoms with Crippen molar-refractivity contribution in [2.45, 2.75) is 19.6 Å². The highest BCUT2D eigenvalue weighted by Crippen LogP contribution is 2.15. The van der Waals surface area contributed by atoms with Gasteiger partial charge in [-0.2, -0.15) is 5.10 Å². The van der Waals surface area contributed by atoms with Crippen molar-refractivity contribution in [3.63, 3.8) is 0 Å². The van der Waals surface area contributed by atoms with Crippen molar-refractivity contribution in [3.8, 4) is 0 Å². The Morgan fingerprint density at radius 3 is 2.56 bits per heavy atom. The third kappa shape index (κ3) is 3.83. The van der Waals surface area contributed by atoms with Crippen molar-refractivity contribution in [3.05, 3.63) is 59.0 Å². The third-order valence-electron chi connectivity index (χ3n) is 3.67. The highest BCUT2D eigenvalue weighted by Gasteiger charge is 2.14. The Kier molecular flexibility index (Phi) is 4.27.